The highest BCUT2D eigenvalue weighted by Crippen LogP contribution is 2.22. The van der Waals surface area contributed by atoms with Crippen LogP contribution in [0.4, 0.5) is 0 Å². The van der Waals surface area contributed by atoms with Gasteiger partial charge in [0, 0.05) is 18.1 Å². The molecule has 0 atom stereocenters. The molecular weight excluding hydrogens is 208 g/mol. The largest absolute Gasteiger partial charge is 0.351 e. The standard InChI is InChI=1S/C11H12N2OS/c1-2-5-12-10(14)9-7-8-4-3-6-13-11(8)15-9/h3-4,6-7H,2,5H2,1H3,(H,12,14). The van der Waals surface area contributed by atoms with Crippen molar-refractivity contribution in [2.24, 2.45) is 0 Å². The van der Waals surface area contributed by atoms with Gasteiger partial charge in [0.15, 0.2) is 0 Å². The van der Waals surface area contributed by atoms with E-state index in [0.29, 0.717) is 0 Å². The quantitative estimate of drug-likeness (QED) is 0.863. The minimum Gasteiger partial charge on any atom is -0.351 e. The van der Waals surface area contributed by atoms with Crippen molar-refractivity contribution in [2.75, 3.05) is 6.54 Å². The Bertz CT molecular complexity index is 445. The Labute approximate surface area is 92.1 Å². The Hall–Kier alpha value is -1.42. The molecular formula is C11H12N2OS. The van der Waals surface area contributed by atoms with E-state index in [0.717, 1.165) is 28.1 Å². The molecule has 0 aliphatic heterocycles. The number of fused-ring (bicyclic) bond motifs is 1. The summed E-state index contributed by atoms with van der Waals surface area (Å²) in [7, 11) is 0. The van der Waals surface area contributed by atoms with E-state index in [1.54, 1.807) is 6.20 Å². The monoisotopic (exact) mass is 220 g/mol. The number of hydrogen-bond donors (Lipinski definition) is 1. The lowest BCUT2D eigenvalue weighted by molar-refractivity contribution is 0.0958. The molecule has 0 unspecified atom stereocenters. The SMILES string of the molecule is CCCNC(=O)c1cc2cccnc2s1. The van der Waals surface area contributed by atoms with Gasteiger partial charge in [-0.1, -0.05) is 13.0 Å². The molecule has 15 heavy (non-hydrogen) atoms. The zero-order valence-electron chi connectivity index (χ0n) is 8.49. The van der Waals surface area contributed by atoms with Gasteiger partial charge in [0.1, 0.15) is 4.83 Å². The minimum atomic E-state index is -0.000139. The lowest BCUT2D eigenvalue weighted by Gasteiger charge is -1.98. The van der Waals surface area contributed by atoms with E-state index < -0.39 is 0 Å². The number of carbonyl (C=O) groups is 1. The molecule has 0 radical (unpaired) electrons. The average molecular weight is 220 g/mol. The third kappa shape index (κ3) is 2.15. The molecule has 0 aromatic carbocycles. The average Bonchev–Trinajstić information content (AvgIpc) is 2.69. The second kappa shape index (κ2) is 4.40. The molecule has 0 aliphatic rings. The highest BCUT2D eigenvalue weighted by molar-refractivity contribution is 7.20. The third-order valence-electron chi connectivity index (χ3n) is 2.05. The van der Waals surface area contributed by atoms with Crippen LogP contribution in [0.1, 0.15) is 23.0 Å². The molecule has 0 bridgehead atoms. The molecule has 78 valence electrons. The summed E-state index contributed by atoms with van der Waals surface area (Å²) in [5.74, 6) is -0.000139. The number of aromatic nitrogens is 1. The van der Waals surface area contributed by atoms with Crippen LogP contribution in [0.2, 0.25) is 0 Å². The molecule has 0 saturated carbocycles. The van der Waals surface area contributed by atoms with Crippen LogP contribution in [0.25, 0.3) is 10.2 Å². The predicted molar refractivity (Wildman–Crippen MR) is 62.2 cm³/mol. The molecule has 0 aliphatic carbocycles. The number of amides is 1. The highest BCUT2D eigenvalue weighted by atomic mass is 32.1. The van der Waals surface area contributed by atoms with Gasteiger partial charge in [0.2, 0.25) is 0 Å². The number of pyridine rings is 1. The van der Waals surface area contributed by atoms with Crippen molar-refractivity contribution in [1.29, 1.82) is 0 Å². The zero-order valence-corrected chi connectivity index (χ0v) is 9.30. The summed E-state index contributed by atoms with van der Waals surface area (Å²) in [5.41, 5.74) is 0. The van der Waals surface area contributed by atoms with E-state index >= 15 is 0 Å². The van der Waals surface area contributed by atoms with Crippen molar-refractivity contribution in [2.45, 2.75) is 13.3 Å². The number of thiophene rings is 1. The minimum absolute atomic E-state index is 0.000139. The van der Waals surface area contributed by atoms with Crippen LogP contribution in [0.15, 0.2) is 24.4 Å². The number of hydrogen-bond acceptors (Lipinski definition) is 3. The summed E-state index contributed by atoms with van der Waals surface area (Å²) >= 11 is 1.43. The maximum absolute atomic E-state index is 11.6. The lowest BCUT2D eigenvalue weighted by Crippen LogP contribution is -2.22. The fourth-order valence-corrected chi connectivity index (χ4v) is 2.23. The first-order valence-corrected chi connectivity index (χ1v) is 5.75. The number of carbonyl (C=O) groups excluding carboxylic acids is 1. The highest BCUT2D eigenvalue weighted by Gasteiger charge is 2.09. The number of rotatable bonds is 3. The molecule has 1 amide bonds. The molecule has 4 heteroatoms. The van der Waals surface area contributed by atoms with E-state index in [2.05, 4.69) is 10.3 Å². The third-order valence-corrected chi connectivity index (χ3v) is 3.11. The fraction of sp³-hybridized carbons (Fsp3) is 0.273. The first-order chi connectivity index (χ1) is 7.31. The topological polar surface area (TPSA) is 42.0 Å². The van der Waals surface area contributed by atoms with Crippen LogP contribution >= 0.6 is 11.3 Å². The zero-order chi connectivity index (χ0) is 10.7. The van der Waals surface area contributed by atoms with Gasteiger partial charge in [-0.2, -0.15) is 0 Å². The molecule has 0 spiro atoms. The van der Waals surface area contributed by atoms with Crippen molar-refractivity contribution in [1.82, 2.24) is 10.3 Å². The maximum Gasteiger partial charge on any atom is 0.261 e. The molecule has 0 fully saturated rings. The van der Waals surface area contributed by atoms with Crippen molar-refractivity contribution in [3.63, 3.8) is 0 Å². The van der Waals surface area contributed by atoms with Gasteiger partial charge >= 0.3 is 0 Å². The van der Waals surface area contributed by atoms with Gasteiger partial charge in [-0.05, 0) is 18.6 Å². The smallest absolute Gasteiger partial charge is 0.261 e. The summed E-state index contributed by atoms with van der Waals surface area (Å²) in [6, 6.07) is 5.73. The second-order valence-corrected chi connectivity index (χ2v) is 4.29. The van der Waals surface area contributed by atoms with E-state index in [4.69, 9.17) is 0 Å². The van der Waals surface area contributed by atoms with Gasteiger partial charge < -0.3 is 5.32 Å². The molecule has 1 N–H and O–H groups in total. The van der Waals surface area contributed by atoms with Crippen LogP contribution in [-0.4, -0.2) is 17.4 Å². The van der Waals surface area contributed by atoms with Crippen molar-refractivity contribution in [3.05, 3.63) is 29.3 Å². The van der Waals surface area contributed by atoms with Gasteiger partial charge in [-0.15, -0.1) is 11.3 Å². The maximum atomic E-state index is 11.6. The summed E-state index contributed by atoms with van der Waals surface area (Å²) in [4.78, 5) is 17.5. The summed E-state index contributed by atoms with van der Waals surface area (Å²) in [6.45, 7) is 2.76. The van der Waals surface area contributed by atoms with Crippen LogP contribution in [0.5, 0.6) is 0 Å². The fourth-order valence-electron chi connectivity index (χ4n) is 1.31. The molecule has 2 heterocycles. The van der Waals surface area contributed by atoms with Crippen LogP contribution in [0, 0.1) is 0 Å². The van der Waals surface area contributed by atoms with Crippen LogP contribution in [0.3, 0.4) is 0 Å². The van der Waals surface area contributed by atoms with Crippen LogP contribution in [-0.2, 0) is 0 Å². The number of nitrogens with one attached hydrogen (secondary N) is 1. The van der Waals surface area contributed by atoms with Gasteiger partial charge in [0.05, 0.1) is 4.88 Å². The Balaban J connectivity index is 2.25. The van der Waals surface area contributed by atoms with E-state index in [1.165, 1.54) is 11.3 Å². The van der Waals surface area contributed by atoms with E-state index in [9.17, 15) is 4.79 Å². The van der Waals surface area contributed by atoms with Crippen molar-refractivity contribution >= 4 is 27.5 Å². The van der Waals surface area contributed by atoms with Crippen molar-refractivity contribution < 1.29 is 4.79 Å². The molecule has 2 rings (SSSR count). The number of nitrogens with zero attached hydrogens (tertiary/aromatic N) is 1. The molecule has 0 saturated heterocycles. The molecule has 2 aromatic heterocycles. The van der Waals surface area contributed by atoms with Gasteiger partial charge in [0.25, 0.3) is 5.91 Å². The summed E-state index contributed by atoms with van der Waals surface area (Å²) < 4.78 is 0. The first-order valence-electron chi connectivity index (χ1n) is 4.94. The van der Waals surface area contributed by atoms with Crippen LogP contribution < -0.4 is 5.32 Å². The van der Waals surface area contributed by atoms with E-state index in [-0.39, 0.29) is 5.91 Å². The normalized spacial score (nSPS) is 10.5. The second-order valence-electron chi connectivity index (χ2n) is 3.26. The lowest BCUT2D eigenvalue weighted by atomic mass is 10.3. The van der Waals surface area contributed by atoms with Crippen molar-refractivity contribution in [3.8, 4) is 0 Å². The molecule has 3 nitrogen and oxygen atoms in total. The summed E-state index contributed by atoms with van der Waals surface area (Å²) in [6.07, 6.45) is 2.70. The van der Waals surface area contributed by atoms with E-state index in [1.807, 2.05) is 25.1 Å². The van der Waals surface area contributed by atoms with Gasteiger partial charge in [-0.3, -0.25) is 4.79 Å². The Kier molecular flexibility index (Phi) is 2.97. The Morgan fingerprint density at radius 3 is 3.20 bits per heavy atom. The predicted octanol–water partition coefficient (Wildman–Crippen LogP) is 2.44. The molecule has 2 aromatic rings. The summed E-state index contributed by atoms with van der Waals surface area (Å²) in [5, 5.41) is 3.88. The Morgan fingerprint density at radius 2 is 2.47 bits per heavy atom. The van der Waals surface area contributed by atoms with Gasteiger partial charge in [-0.25, -0.2) is 4.98 Å². The first kappa shape index (κ1) is 10.1. The Morgan fingerprint density at radius 1 is 1.60 bits per heavy atom.